The van der Waals surface area contributed by atoms with Crippen LogP contribution in [0.2, 0.25) is 0 Å². The highest BCUT2D eigenvalue weighted by Crippen LogP contribution is 2.14. The van der Waals surface area contributed by atoms with Crippen LogP contribution in [-0.4, -0.2) is 6.54 Å². The summed E-state index contributed by atoms with van der Waals surface area (Å²) in [7, 11) is 0. The average Bonchev–Trinajstić information content (AvgIpc) is 2.32. The number of benzene rings is 1. The maximum absolute atomic E-state index is 3.53. The molecule has 1 aromatic rings. The Morgan fingerprint density at radius 2 is 1.93 bits per heavy atom. The zero-order chi connectivity index (χ0) is 10.3. The van der Waals surface area contributed by atoms with Gasteiger partial charge in [-0.3, -0.25) is 0 Å². The summed E-state index contributed by atoms with van der Waals surface area (Å²) in [5, 5.41) is 3.53. The van der Waals surface area contributed by atoms with E-state index in [1.165, 1.54) is 36.9 Å². The second-order valence-corrected chi connectivity index (χ2v) is 4.14. The van der Waals surface area contributed by atoms with Crippen molar-refractivity contribution in [3.05, 3.63) is 47.7 Å². The van der Waals surface area contributed by atoms with Crippen LogP contribution >= 0.6 is 0 Å². The molecule has 1 N–H and O–H groups in total. The van der Waals surface area contributed by atoms with Crippen LogP contribution in [0.5, 0.6) is 0 Å². The van der Waals surface area contributed by atoms with Crippen LogP contribution in [0.25, 0.3) is 0 Å². The van der Waals surface area contributed by atoms with Crippen LogP contribution in [0.1, 0.15) is 31.2 Å². The molecule has 0 aromatic heterocycles. The molecule has 0 aliphatic heterocycles. The minimum atomic E-state index is 1.07. The molecule has 15 heavy (non-hydrogen) atoms. The van der Waals surface area contributed by atoms with Crippen molar-refractivity contribution in [3.63, 3.8) is 0 Å². The van der Waals surface area contributed by atoms with E-state index in [1.54, 1.807) is 0 Å². The lowest BCUT2D eigenvalue weighted by Crippen LogP contribution is -2.18. The molecular formula is C14H19N. The molecule has 1 heteroatoms. The van der Waals surface area contributed by atoms with E-state index in [9.17, 15) is 0 Å². The predicted octanol–water partition coefficient (Wildman–Crippen LogP) is 3.28. The van der Waals surface area contributed by atoms with Crippen LogP contribution < -0.4 is 5.32 Å². The maximum Gasteiger partial charge on any atom is 0.0184 e. The minimum Gasteiger partial charge on any atom is -0.388 e. The van der Waals surface area contributed by atoms with E-state index in [0.717, 1.165) is 13.0 Å². The van der Waals surface area contributed by atoms with Crippen LogP contribution in [0.4, 0.5) is 0 Å². The molecule has 80 valence electrons. The number of allylic oxidation sites excluding steroid dienone is 2. The second kappa shape index (κ2) is 5.59. The van der Waals surface area contributed by atoms with Gasteiger partial charge in [0.2, 0.25) is 0 Å². The molecule has 0 saturated carbocycles. The van der Waals surface area contributed by atoms with Crippen molar-refractivity contribution >= 4 is 0 Å². The van der Waals surface area contributed by atoms with Gasteiger partial charge in [0, 0.05) is 12.2 Å². The molecule has 0 saturated heterocycles. The quantitative estimate of drug-likeness (QED) is 0.788. The molecule has 0 fully saturated rings. The third kappa shape index (κ3) is 3.43. The average molecular weight is 201 g/mol. The van der Waals surface area contributed by atoms with Gasteiger partial charge in [-0.05, 0) is 37.7 Å². The van der Waals surface area contributed by atoms with E-state index in [-0.39, 0.29) is 0 Å². The molecule has 2 rings (SSSR count). The molecule has 1 aromatic carbocycles. The minimum absolute atomic E-state index is 1.07. The summed E-state index contributed by atoms with van der Waals surface area (Å²) < 4.78 is 0. The smallest absolute Gasteiger partial charge is 0.0184 e. The van der Waals surface area contributed by atoms with Crippen molar-refractivity contribution in [2.24, 2.45) is 0 Å². The fourth-order valence-electron chi connectivity index (χ4n) is 2.01. The van der Waals surface area contributed by atoms with Crippen molar-refractivity contribution in [1.29, 1.82) is 0 Å². The molecule has 1 aliphatic rings. The van der Waals surface area contributed by atoms with E-state index >= 15 is 0 Å². The summed E-state index contributed by atoms with van der Waals surface area (Å²) >= 11 is 0. The highest BCUT2D eigenvalue weighted by molar-refractivity contribution is 5.15. The molecule has 0 spiro atoms. The molecule has 0 radical (unpaired) electrons. The van der Waals surface area contributed by atoms with E-state index in [2.05, 4.69) is 41.7 Å². The summed E-state index contributed by atoms with van der Waals surface area (Å²) in [6.45, 7) is 1.07. The van der Waals surface area contributed by atoms with E-state index in [1.807, 2.05) is 0 Å². The Balaban J connectivity index is 1.73. The van der Waals surface area contributed by atoms with Crippen LogP contribution in [0, 0.1) is 0 Å². The van der Waals surface area contributed by atoms with Crippen molar-refractivity contribution < 1.29 is 0 Å². The SMILES string of the molecule is C1=C(NCCc2ccccc2)CCCC1. The first-order valence-corrected chi connectivity index (χ1v) is 5.92. The van der Waals surface area contributed by atoms with E-state index < -0.39 is 0 Å². The van der Waals surface area contributed by atoms with Gasteiger partial charge in [-0.25, -0.2) is 0 Å². The summed E-state index contributed by atoms with van der Waals surface area (Å²) in [6.07, 6.45) is 8.70. The Morgan fingerprint density at radius 1 is 1.07 bits per heavy atom. The Bertz CT molecular complexity index is 313. The molecule has 0 bridgehead atoms. The Hall–Kier alpha value is -1.24. The lowest BCUT2D eigenvalue weighted by Gasteiger charge is -2.14. The number of hydrogen-bond acceptors (Lipinski definition) is 1. The van der Waals surface area contributed by atoms with Crippen molar-refractivity contribution in [2.75, 3.05) is 6.54 Å². The van der Waals surface area contributed by atoms with Gasteiger partial charge in [0.1, 0.15) is 0 Å². The molecule has 0 amide bonds. The van der Waals surface area contributed by atoms with Gasteiger partial charge in [-0.2, -0.15) is 0 Å². The second-order valence-electron chi connectivity index (χ2n) is 4.14. The highest BCUT2D eigenvalue weighted by Gasteiger charge is 2.01. The Morgan fingerprint density at radius 3 is 2.67 bits per heavy atom. The van der Waals surface area contributed by atoms with Gasteiger partial charge in [0.25, 0.3) is 0 Å². The van der Waals surface area contributed by atoms with Crippen LogP contribution in [-0.2, 0) is 6.42 Å². The number of hydrogen-bond donors (Lipinski definition) is 1. The summed E-state index contributed by atoms with van der Waals surface area (Å²) in [5.74, 6) is 0. The predicted molar refractivity (Wildman–Crippen MR) is 64.7 cm³/mol. The Kier molecular flexibility index (Phi) is 3.84. The topological polar surface area (TPSA) is 12.0 Å². The molecule has 0 heterocycles. The van der Waals surface area contributed by atoms with Crippen molar-refractivity contribution in [1.82, 2.24) is 5.32 Å². The molecule has 0 atom stereocenters. The van der Waals surface area contributed by atoms with E-state index in [0.29, 0.717) is 0 Å². The van der Waals surface area contributed by atoms with Crippen molar-refractivity contribution in [2.45, 2.75) is 32.1 Å². The van der Waals surface area contributed by atoms with Crippen LogP contribution in [0.3, 0.4) is 0 Å². The van der Waals surface area contributed by atoms with Gasteiger partial charge >= 0.3 is 0 Å². The first-order valence-electron chi connectivity index (χ1n) is 5.92. The fourth-order valence-corrected chi connectivity index (χ4v) is 2.01. The first-order chi connectivity index (χ1) is 7.45. The molecule has 1 nitrogen and oxygen atoms in total. The first kappa shape index (κ1) is 10.3. The third-order valence-corrected chi connectivity index (χ3v) is 2.90. The highest BCUT2D eigenvalue weighted by atomic mass is 14.9. The summed E-state index contributed by atoms with van der Waals surface area (Å²) in [6, 6.07) is 10.7. The lowest BCUT2D eigenvalue weighted by molar-refractivity contribution is 0.638. The molecule has 1 aliphatic carbocycles. The van der Waals surface area contributed by atoms with Gasteiger partial charge in [0.05, 0.1) is 0 Å². The Labute approximate surface area is 92.2 Å². The zero-order valence-electron chi connectivity index (χ0n) is 9.21. The fraction of sp³-hybridized carbons (Fsp3) is 0.429. The summed E-state index contributed by atoms with van der Waals surface area (Å²) in [4.78, 5) is 0. The van der Waals surface area contributed by atoms with Gasteiger partial charge in [0.15, 0.2) is 0 Å². The lowest BCUT2D eigenvalue weighted by atomic mass is 10.0. The maximum atomic E-state index is 3.53. The van der Waals surface area contributed by atoms with Crippen molar-refractivity contribution in [3.8, 4) is 0 Å². The standard InChI is InChI=1S/C14H19N/c1-3-7-13(8-4-1)11-12-15-14-9-5-2-6-10-14/h1,3-4,7-9,15H,2,5-6,10-12H2. The normalized spacial score (nSPS) is 15.9. The summed E-state index contributed by atoms with van der Waals surface area (Å²) in [5.41, 5.74) is 2.87. The van der Waals surface area contributed by atoms with E-state index in [4.69, 9.17) is 0 Å². The van der Waals surface area contributed by atoms with Gasteiger partial charge in [-0.15, -0.1) is 0 Å². The third-order valence-electron chi connectivity index (χ3n) is 2.90. The zero-order valence-corrected chi connectivity index (χ0v) is 9.21. The number of rotatable bonds is 4. The molecular weight excluding hydrogens is 182 g/mol. The van der Waals surface area contributed by atoms with Gasteiger partial charge < -0.3 is 5.32 Å². The largest absolute Gasteiger partial charge is 0.388 e. The van der Waals surface area contributed by atoms with Crippen LogP contribution in [0.15, 0.2) is 42.1 Å². The number of nitrogens with one attached hydrogen (secondary N) is 1. The van der Waals surface area contributed by atoms with Gasteiger partial charge in [-0.1, -0.05) is 36.4 Å². The molecule has 0 unspecified atom stereocenters. The monoisotopic (exact) mass is 201 g/mol.